The maximum absolute atomic E-state index is 11.0. The second kappa shape index (κ2) is 13.3. The lowest BCUT2D eigenvalue weighted by molar-refractivity contribution is -0.384. The lowest BCUT2D eigenvalue weighted by Gasteiger charge is -2.11. The Morgan fingerprint density at radius 2 is 1.56 bits per heavy atom. The number of nitrogens with zero attached hydrogens (tertiary/aromatic N) is 5. The van der Waals surface area contributed by atoms with Crippen molar-refractivity contribution < 1.29 is 14.4 Å². The van der Waals surface area contributed by atoms with Crippen LogP contribution in [0.1, 0.15) is 25.0 Å². The molecule has 0 amide bonds. The largest absolute Gasteiger partial charge is 0.490 e. The van der Waals surface area contributed by atoms with E-state index in [1.807, 2.05) is 62.4 Å². The Labute approximate surface area is 225 Å². The zero-order valence-electron chi connectivity index (χ0n) is 21.5. The molecular formula is C27H28N8O4. The first-order valence-corrected chi connectivity index (χ1v) is 12.3. The molecule has 0 fully saturated rings. The number of hydrogen-bond donors (Lipinski definition) is 3. The van der Waals surface area contributed by atoms with Crippen LogP contribution in [0.3, 0.4) is 0 Å². The van der Waals surface area contributed by atoms with E-state index in [9.17, 15) is 10.1 Å². The highest BCUT2D eigenvalue weighted by molar-refractivity contribution is 5.81. The van der Waals surface area contributed by atoms with Crippen LogP contribution in [0.5, 0.6) is 11.5 Å². The number of rotatable bonds is 13. The van der Waals surface area contributed by atoms with Crippen LogP contribution in [0.2, 0.25) is 0 Å². The highest BCUT2D eigenvalue weighted by Crippen LogP contribution is 2.28. The Morgan fingerprint density at radius 1 is 0.872 bits per heavy atom. The molecule has 0 bridgehead atoms. The maximum atomic E-state index is 11.0. The monoisotopic (exact) mass is 528 g/mol. The van der Waals surface area contributed by atoms with Crippen LogP contribution in [0.25, 0.3) is 0 Å². The van der Waals surface area contributed by atoms with Gasteiger partial charge < -0.3 is 20.1 Å². The van der Waals surface area contributed by atoms with E-state index in [0.29, 0.717) is 42.9 Å². The number of aromatic nitrogens is 3. The highest BCUT2D eigenvalue weighted by atomic mass is 16.6. The molecule has 4 aromatic rings. The molecule has 200 valence electrons. The van der Waals surface area contributed by atoms with Gasteiger partial charge in [0.2, 0.25) is 17.8 Å². The van der Waals surface area contributed by atoms with Gasteiger partial charge in [0.25, 0.3) is 5.69 Å². The summed E-state index contributed by atoms with van der Waals surface area (Å²) in [4.78, 5) is 23.7. The third-order valence-corrected chi connectivity index (χ3v) is 5.21. The molecule has 3 N–H and O–H groups in total. The van der Waals surface area contributed by atoms with Crippen LogP contribution in [-0.4, -0.2) is 39.3 Å². The lowest BCUT2D eigenvalue weighted by atomic mass is 10.2. The molecule has 3 aromatic carbocycles. The van der Waals surface area contributed by atoms with E-state index in [0.717, 1.165) is 11.1 Å². The van der Waals surface area contributed by atoms with Gasteiger partial charge in [0.15, 0.2) is 11.5 Å². The fourth-order valence-corrected chi connectivity index (χ4v) is 3.45. The fraction of sp³-hybridized carbons (Fsp3) is 0.185. The average molecular weight is 529 g/mol. The Balaban J connectivity index is 1.53. The third-order valence-electron chi connectivity index (χ3n) is 5.21. The van der Waals surface area contributed by atoms with Crippen molar-refractivity contribution in [2.75, 3.05) is 29.3 Å². The highest BCUT2D eigenvalue weighted by Gasteiger charge is 2.10. The lowest BCUT2D eigenvalue weighted by Crippen LogP contribution is -2.09. The van der Waals surface area contributed by atoms with Crippen molar-refractivity contribution in [3.05, 3.63) is 94.0 Å². The quantitative estimate of drug-likeness (QED) is 0.117. The summed E-state index contributed by atoms with van der Waals surface area (Å²) >= 11 is 0. The van der Waals surface area contributed by atoms with Gasteiger partial charge in [-0.25, -0.2) is 5.43 Å². The predicted molar refractivity (Wildman–Crippen MR) is 150 cm³/mol. The smallest absolute Gasteiger partial charge is 0.269 e. The Hall–Kier alpha value is -5.26. The standard InChI is InChI=1S/C27H28N8O4/c1-3-38-23-15-10-20(16-24(23)39-4-2)18-29-34-27-32-25(28-17-19-8-6-5-7-9-19)31-26(33-27)30-21-11-13-22(14-12-21)35(36)37/h5-16,18H,3-4,17H2,1-2H3,(H3,28,30,31,32,33,34)/b29-18-. The van der Waals surface area contributed by atoms with E-state index < -0.39 is 4.92 Å². The van der Waals surface area contributed by atoms with Crippen LogP contribution in [0.15, 0.2) is 77.9 Å². The molecule has 0 aliphatic heterocycles. The van der Waals surface area contributed by atoms with Crippen molar-refractivity contribution in [1.82, 2.24) is 15.0 Å². The second-order valence-electron chi connectivity index (χ2n) is 8.02. The Morgan fingerprint density at radius 3 is 2.28 bits per heavy atom. The van der Waals surface area contributed by atoms with E-state index in [-0.39, 0.29) is 17.6 Å². The minimum Gasteiger partial charge on any atom is -0.490 e. The Kier molecular flexibility index (Phi) is 9.16. The molecule has 0 spiro atoms. The van der Waals surface area contributed by atoms with Crippen LogP contribution in [0, 0.1) is 10.1 Å². The molecule has 0 aliphatic carbocycles. The van der Waals surface area contributed by atoms with Crippen LogP contribution < -0.4 is 25.5 Å². The van der Waals surface area contributed by atoms with Gasteiger partial charge in [0.1, 0.15) is 0 Å². The van der Waals surface area contributed by atoms with Crippen LogP contribution >= 0.6 is 0 Å². The normalized spacial score (nSPS) is 10.7. The van der Waals surface area contributed by atoms with Gasteiger partial charge in [-0.2, -0.15) is 20.1 Å². The Bertz CT molecular complexity index is 1420. The van der Waals surface area contributed by atoms with Gasteiger partial charge in [-0.05, 0) is 55.3 Å². The zero-order chi connectivity index (χ0) is 27.5. The summed E-state index contributed by atoms with van der Waals surface area (Å²) in [5, 5.41) is 21.5. The number of non-ortho nitro benzene ring substituents is 1. The van der Waals surface area contributed by atoms with Crippen molar-refractivity contribution in [3.63, 3.8) is 0 Å². The molecule has 0 saturated heterocycles. The van der Waals surface area contributed by atoms with Crippen molar-refractivity contribution in [2.45, 2.75) is 20.4 Å². The van der Waals surface area contributed by atoms with E-state index in [4.69, 9.17) is 9.47 Å². The topological polar surface area (TPSA) is 149 Å². The number of nitro groups is 1. The summed E-state index contributed by atoms with van der Waals surface area (Å²) in [6.07, 6.45) is 1.61. The molecule has 4 rings (SSSR count). The van der Waals surface area contributed by atoms with Crippen LogP contribution in [0.4, 0.5) is 29.2 Å². The van der Waals surface area contributed by atoms with E-state index >= 15 is 0 Å². The first-order chi connectivity index (χ1) is 19.0. The molecule has 12 heteroatoms. The van der Waals surface area contributed by atoms with Crippen molar-refractivity contribution in [3.8, 4) is 11.5 Å². The minimum absolute atomic E-state index is 0.0140. The molecule has 0 atom stereocenters. The third kappa shape index (κ3) is 7.86. The number of hydrogen-bond acceptors (Lipinski definition) is 11. The average Bonchev–Trinajstić information content (AvgIpc) is 2.94. The molecule has 39 heavy (non-hydrogen) atoms. The van der Waals surface area contributed by atoms with Gasteiger partial charge in [-0.3, -0.25) is 10.1 Å². The van der Waals surface area contributed by atoms with Crippen molar-refractivity contribution >= 4 is 35.4 Å². The summed E-state index contributed by atoms with van der Waals surface area (Å²) in [5.74, 6) is 2.03. The van der Waals surface area contributed by atoms with Crippen LogP contribution in [-0.2, 0) is 6.54 Å². The molecule has 12 nitrogen and oxygen atoms in total. The molecule has 0 radical (unpaired) electrons. The molecule has 0 unspecified atom stereocenters. The number of ether oxygens (including phenoxy) is 2. The minimum atomic E-state index is -0.458. The molecule has 0 aliphatic rings. The number of nitrogens with one attached hydrogen (secondary N) is 3. The van der Waals surface area contributed by atoms with Crippen molar-refractivity contribution in [1.29, 1.82) is 0 Å². The summed E-state index contributed by atoms with van der Waals surface area (Å²) in [6.45, 7) is 5.36. The number of nitro benzene ring substituents is 1. The van der Waals surface area contributed by atoms with E-state index in [1.54, 1.807) is 18.3 Å². The maximum Gasteiger partial charge on any atom is 0.269 e. The summed E-state index contributed by atoms with van der Waals surface area (Å²) < 4.78 is 11.3. The second-order valence-corrected chi connectivity index (χ2v) is 8.02. The molecule has 1 aromatic heterocycles. The van der Waals surface area contributed by atoms with Gasteiger partial charge in [-0.1, -0.05) is 30.3 Å². The molecule has 1 heterocycles. The molecule has 0 saturated carbocycles. The SMILES string of the molecule is CCOc1ccc(/C=N\Nc2nc(NCc3ccccc3)nc(Nc3ccc([N+](=O)[O-])cc3)n2)cc1OCC. The van der Waals surface area contributed by atoms with E-state index in [2.05, 4.69) is 36.1 Å². The molecular weight excluding hydrogens is 500 g/mol. The number of benzene rings is 3. The number of hydrazone groups is 1. The van der Waals surface area contributed by atoms with Gasteiger partial charge in [0, 0.05) is 24.4 Å². The summed E-state index contributed by atoms with van der Waals surface area (Å²) in [7, 11) is 0. The van der Waals surface area contributed by atoms with E-state index in [1.165, 1.54) is 12.1 Å². The predicted octanol–water partition coefficient (Wildman–Crippen LogP) is 5.38. The first-order valence-electron chi connectivity index (χ1n) is 12.3. The number of anilines is 4. The van der Waals surface area contributed by atoms with Gasteiger partial charge >= 0.3 is 0 Å². The van der Waals surface area contributed by atoms with Gasteiger partial charge in [-0.15, -0.1) is 0 Å². The summed E-state index contributed by atoms with van der Waals surface area (Å²) in [6, 6.07) is 21.3. The first kappa shape index (κ1) is 26.8. The summed E-state index contributed by atoms with van der Waals surface area (Å²) in [5.41, 5.74) is 5.24. The van der Waals surface area contributed by atoms with Crippen molar-refractivity contribution in [2.24, 2.45) is 5.10 Å². The van der Waals surface area contributed by atoms with Gasteiger partial charge in [0.05, 0.1) is 24.4 Å². The fourth-order valence-electron chi connectivity index (χ4n) is 3.45. The zero-order valence-corrected chi connectivity index (χ0v) is 21.5.